The van der Waals surface area contributed by atoms with Crippen molar-refractivity contribution in [1.82, 2.24) is 19.9 Å². The number of aromatic nitrogens is 4. The van der Waals surface area contributed by atoms with E-state index in [1.165, 1.54) is 19.3 Å². The molecule has 1 aliphatic heterocycles. The second-order valence-electron chi connectivity index (χ2n) is 5.83. The van der Waals surface area contributed by atoms with Crippen molar-refractivity contribution >= 4 is 29.3 Å². The molecule has 0 saturated carbocycles. The van der Waals surface area contributed by atoms with Crippen molar-refractivity contribution < 1.29 is 5.48 Å². The van der Waals surface area contributed by atoms with Crippen LogP contribution >= 0.6 is 12.4 Å². The largest absolute Gasteiger partial charge is 0.412 e. The molecule has 0 amide bonds. The molecule has 0 atom stereocenters. The molecule has 1 saturated heterocycles. The molecule has 4 heterocycles. The Kier molecular flexibility index (Phi) is 5.75. The molecular weight excluding hydrogens is 326 g/mol. The van der Waals surface area contributed by atoms with Gasteiger partial charge in [0.05, 0.1) is 5.52 Å². The van der Waals surface area contributed by atoms with Gasteiger partial charge >= 0.3 is 0 Å². The highest BCUT2D eigenvalue weighted by Crippen LogP contribution is 2.29. The Morgan fingerprint density at radius 3 is 2.62 bits per heavy atom. The highest BCUT2D eigenvalue weighted by atomic mass is 35.5. The summed E-state index contributed by atoms with van der Waals surface area (Å²) in [5.74, 6) is 1.86. The minimum Gasteiger partial charge on any atom is -0.412 e. The minimum atomic E-state index is 0. The summed E-state index contributed by atoms with van der Waals surface area (Å²) in [6.45, 7) is 4.11. The topological polar surface area (TPSA) is 89.2 Å². The van der Waals surface area contributed by atoms with Crippen LogP contribution in [0.4, 0.5) is 5.82 Å². The summed E-state index contributed by atoms with van der Waals surface area (Å²) >= 11 is 0. The molecule has 0 bridgehead atoms. The Balaban J connectivity index is 0.00000104. The van der Waals surface area contributed by atoms with Gasteiger partial charge in [0.2, 0.25) is 0 Å². The van der Waals surface area contributed by atoms with Crippen LogP contribution < -0.4 is 4.90 Å². The van der Waals surface area contributed by atoms with Crippen molar-refractivity contribution in [2.75, 3.05) is 18.0 Å². The molecule has 0 spiro atoms. The number of nitrogens with zero attached hydrogens (tertiary/aromatic N) is 4. The fraction of sp³-hybridized carbons (Fsp3) is 0.353. The number of fused-ring (bicyclic) bond motifs is 1. The molecule has 0 aliphatic carbocycles. The van der Waals surface area contributed by atoms with Crippen molar-refractivity contribution in [2.24, 2.45) is 0 Å². The van der Waals surface area contributed by atoms with Crippen LogP contribution in [0.15, 0.2) is 30.6 Å². The predicted molar refractivity (Wildman–Crippen MR) is 98.8 cm³/mol. The second kappa shape index (κ2) is 7.59. The Morgan fingerprint density at radius 1 is 1.12 bits per heavy atom. The number of H-pyrrole nitrogens is 1. The molecule has 1 aliphatic rings. The van der Waals surface area contributed by atoms with E-state index < -0.39 is 0 Å². The van der Waals surface area contributed by atoms with E-state index in [4.69, 9.17) is 4.98 Å². The maximum atomic E-state index is 4.70. The smallest absolute Gasteiger partial charge is 0.156 e. The molecular formula is C17H22ClN5O. The summed E-state index contributed by atoms with van der Waals surface area (Å²) in [7, 11) is 0. The molecule has 1 fully saturated rings. The number of hydrogen-bond acceptors (Lipinski definition) is 4. The van der Waals surface area contributed by atoms with Crippen LogP contribution in [-0.2, 0) is 0 Å². The standard InChI is InChI=1S/C17H19N5.ClH.H2O/c1-12-19-15-10-14(13-6-5-7-18-11-13)21-16(15)17(20-12)22-8-3-2-4-9-22;;/h5-7,10-11,21H,2-4,8-9H2,1H3;1H;1H2. The third-order valence-electron chi connectivity index (χ3n) is 4.20. The fourth-order valence-corrected chi connectivity index (χ4v) is 3.12. The second-order valence-corrected chi connectivity index (χ2v) is 5.83. The van der Waals surface area contributed by atoms with E-state index in [1.807, 2.05) is 19.2 Å². The van der Waals surface area contributed by atoms with Crippen molar-refractivity contribution in [3.8, 4) is 11.3 Å². The van der Waals surface area contributed by atoms with Crippen LogP contribution in [0.3, 0.4) is 0 Å². The summed E-state index contributed by atoms with van der Waals surface area (Å²) < 4.78 is 0. The van der Waals surface area contributed by atoms with Crippen molar-refractivity contribution in [3.05, 3.63) is 36.4 Å². The van der Waals surface area contributed by atoms with E-state index in [-0.39, 0.29) is 17.9 Å². The first-order valence-electron chi connectivity index (χ1n) is 7.84. The van der Waals surface area contributed by atoms with Crippen LogP contribution in [0.5, 0.6) is 0 Å². The van der Waals surface area contributed by atoms with Crippen molar-refractivity contribution in [3.63, 3.8) is 0 Å². The number of hydrogen-bond donors (Lipinski definition) is 1. The average molecular weight is 348 g/mol. The first kappa shape index (κ1) is 18.2. The lowest BCUT2D eigenvalue weighted by molar-refractivity contribution is 0.574. The number of piperidine rings is 1. The zero-order valence-electron chi connectivity index (χ0n) is 13.6. The number of rotatable bonds is 2. The Bertz CT molecular complexity index is 799. The highest BCUT2D eigenvalue weighted by Gasteiger charge is 2.18. The molecule has 128 valence electrons. The first-order chi connectivity index (χ1) is 10.8. The molecule has 0 radical (unpaired) electrons. The molecule has 4 rings (SSSR count). The van der Waals surface area contributed by atoms with Crippen LogP contribution in [-0.4, -0.2) is 38.5 Å². The number of aryl methyl sites for hydroxylation is 1. The average Bonchev–Trinajstić information content (AvgIpc) is 2.99. The van der Waals surface area contributed by atoms with Gasteiger partial charge in [0.25, 0.3) is 0 Å². The summed E-state index contributed by atoms with van der Waals surface area (Å²) in [6.07, 6.45) is 7.44. The molecule has 3 aromatic rings. The normalized spacial score (nSPS) is 14.1. The lowest BCUT2D eigenvalue weighted by Crippen LogP contribution is -2.30. The molecule has 6 nitrogen and oxygen atoms in total. The number of pyridine rings is 1. The van der Waals surface area contributed by atoms with Gasteiger partial charge in [0.15, 0.2) is 5.82 Å². The molecule has 7 heteroatoms. The van der Waals surface area contributed by atoms with Gasteiger partial charge in [-0.2, -0.15) is 0 Å². The van der Waals surface area contributed by atoms with E-state index in [2.05, 4.69) is 32.0 Å². The van der Waals surface area contributed by atoms with Crippen molar-refractivity contribution in [1.29, 1.82) is 0 Å². The van der Waals surface area contributed by atoms with E-state index >= 15 is 0 Å². The van der Waals surface area contributed by atoms with Gasteiger partial charge in [-0.15, -0.1) is 12.4 Å². The van der Waals surface area contributed by atoms with Crippen LogP contribution in [0.25, 0.3) is 22.3 Å². The third kappa shape index (κ3) is 3.34. The van der Waals surface area contributed by atoms with Crippen LogP contribution in [0.1, 0.15) is 25.1 Å². The zero-order chi connectivity index (χ0) is 14.9. The lowest BCUT2D eigenvalue weighted by atomic mass is 10.1. The fourth-order valence-electron chi connectivity index (χ4n) is 3.12. The van der Waals surface area contributed by atoms with Gasteiger partial charge in [-0.05, 0) is 44.4 Å². The Morgan fingerprint density at radius 2 is 1.92 bits per heavy atom. The number of halogens is 1. The molecule has 3 aromatic heterocycles. The van der Waals surface area contributed by atoms with Crippen LogP contribution in [0.2, 0.25) is 0 Å². The summed E-state index contributed by atoms with van der Waals surface area (Å²) in [6, 6.07) is 6.09. The molecule has 0 aromatic carbocycles. The lowest BCUT2D eigenvalue weighted by Gasteiger charge is -2.28. The van der Waals surface area contributed by atoms with Crippen LogP contribution in [0, 0.1) is 6.92 Å². The van der Waals surface area contributed by atoms with E-state index in [0.29, 0.717) is 0 Å². The molecule has 3 N–H and O–H groups in total. The van der Waals surface area contributed by atoms with Gasteiger partial charge < -0.3 is 15.4 Å². The molecule has 24 heavy (non-hydrogen) atoms. The van der Waals surface area contributed by atoms with Crippen molar-refractivity contribution in [2.45, 2.75) is 26.2 Å². The summed E-state index contributed by atoms with van der Waals surface area (Å²) in [5.41, 5.74) is 4.13. The summed E-state index contributed by atoms with van der Waals surface area (Å²) in [5, 5.41) is 0. The SMILES string of the molecule is Cc1nc(N2CCCCC2)c2[nH]c(-c3cccnc3)cc2n1.Cl.O. The van der Waals surface area contributed by atoms with E-state index in [9.17, 15) is 0 Å². The maximum absolute atomic E-state index is 4.70. The maximum Gasteiger partial charge on any atom is 0.156 e. The van der Waals surface area contributed by atoms with E-state index in [1.54, 1.807) is 6.20 Å². The summed E-state index contributed by atoms with van der Waals surface area (Å²) in [4.78, 5) is 19.4. The Hall–Kier alpha value is -2.18. The number of anilines is 1. The number of nitrogens with one attached hydrogen (secondary N) is 1. The van der Waals surface area contributed by atoms with E-state index in [0.717, 1.165) is 47.0 Å². The van der Waals surface area contributed by atoms with Gasteiger partial charge in [-0.1, -0.05) is 0 Å². The third-order valence-corrected chi connectivity index (χ3v) is 4.20. The highest BCUT2D eigenvalue weighted by molar-refractivity contribution is 5.90. The minimum absolute atomic E-state index is 0. The first-order valence-corrected chi connectivity index (χ1v) is 7.84. The number of aromatic amines is 1. The van der Waals surface area contributed by atoms with Gasteiger partial charge in [-0.3, -0.25) is 4.98 Å². The Labute approximate surface area is 147 Å². The quantitative estimate of drug-likeness (QED) is 0.771. The van der Waals surface area contributed by atoms with Gasteiger partial charge in [0.1, 0.15) is 11.3 Å². The monoisotopic (exact) mass is 347 g/mol. The van der Waals surface area contributed by atoms with Gasteiger partial charge in [-0.25, -0.2) is 9.97 Å². The molecule has 0 unspecified atom stereocenters. The predicted octanol–water partition coefficient (Wildman–Crippen LogP) is 2.92. The zero-order valence-corrected chi connectivity index (χ0v) is 14.4. The van der Waals surface area contributed by atoms with Gasteiger partial charge in [0, 0.05) is 36.7 Å².